The molecule has 4 nitrogen and oxygen atoms in total. The van der Waals surface area contributed by atoms with Crippen molar-refractivity contribution in [3.05, 3.63) is 60.8 Å². The Morgan fingerprint density at radius 3 is 1.10 bits per heavy atom. The van der Waals surface area contributed by atoms with Crippen LogP contribution in [-0.4, -0.2) is 34.9 Å². The van der Waals surface area contributed by atoms with Crippen LogP contribution < -0.4 is 5.32 Å². The first-order valence-corrected chi connectivity index (χ1v) is 26.5. The van der Waals surface area contributed by atoms with Crippen LogP contribution >= 0.6 is 0 Å². The lowest BCUT2D eigenvalue weighted by Gasteiger charge is -2.20. The van der Waals surface area contributed by atoms with Crippen LogP contribution in [0.15, 0.2) is 60.8 Å². The van der Waals surface area contributed by atoms with Gasteiger partial charge in [-0.05, 0) is 57.8 Å². The van der Waals surface area contributed by atoms with Gasteiger partial charge in [-0.15, -0.1) is 0 Å². The monoisotopic (exact) mass is 838 g/mol. The summed E-state index contributed by atoms with van der Waals surface area (Å²) in [6.07, 6.45) is 72.3. The molecule has 0 spiro atoms. The van der Waals surface area contributed by atoms with Crippen LogP contribution in [0.5, 0.6) is 0 Å². The maximum absolute atomic E-state index is 12.4. The van der Waals surface area contributed by atoms with Gasteiger partial charge in [0.25, 0.3) is 0 Å². The maximum Gasteiger partial charge on any atom is 0.220 e. The number of hydrogen-bond donors (Lipinski definition) is 3. The van der Waals surface area contributed by atoms with Crippen molar-refractivity contribution in [3.8, 4) is 0 Å². The molecule has 0 bridgehead atoms. The molecule has 0 aromatic carbocycles. The van der Waals surface area contributed by atoms with Crippen molar-refractivity contribution >= 4 is 5.91 Å². The van der Waals surface area contributed by atoms with E-state index in [1.165, 1.54) is 186 Å². The smallest absolute Gasteiger partial charge is 0.220 e. The second-order valence-electron chi connectivity index (χ2n) is 17.9. The van der Waals surface area contributed by atoms with Crippen LogP contribution in [0.3, 0.4) is 0 Å². The van der Waals surface area contributed by atoms with Crippen molar-refractivity contribution in [2.75, 3.05) is 6.61 Å². The molecule has 0 saturated heterocycles. The van der Waals surface area contributed by atoms with E-state index in [9.17, 15) is 15.0 Å². The molecule has 60 heavy (non-hydrogen) atoms. The van der Waals surface area contributed by atoms with E-state index in [1.54, 1.807) is 6.08 Å². The molecule has 0 saturated carbocycles. The number of allylic oxidation sites excluding steroid dienone is 9. The molecule has 0 rings (SSSR count). The van der Waals surface area contributed by atoms with E-state index in [0.717, 1.165) is 64.2 Å². The number of carbonyl (C=O) groups is 1. The molecule has 1 amide bonds. The fraction of sp³-hybridized carbons (Fsp3) is 0.804. The molecule has 2 atom stereocenters. The van der Waals surface area contributed by atoms with E-state index in [2.05, 4.69) is 67.8 Å². The molecule has 0 aromatic heterocycles. The van der Waals surface area contributed by atoms with E-state index in [0.29, 0.717) is 6.42 Å². The molecule has 4 heteroatoms. The minimum Gasteiger partial charge on any atom is -0.394 e. The van der Waals surface area contributed by atoms with Gasteiger partial charge in [0.05, 0.1) is 18.8 Å². The normalized spacial score (nSPS) is 13.3. The van der Waals surface area contributed by atoms with Gasteiger partial charge in [0.15, 0.2) is 0 Å². The molecule has 0 aliphatic heterocycles. The number of rotatable bonds is 48. The second kappa shape index (κ2) is 51.4. The lowest BCUT2D eigenvalue weighted by Crippen LogP contribution is -2.45. The van der Waals surface area contributed by atoms with Crippen LogP contribution in [0.2, 0.25) is 0 Å². The summed E-state index contributed by atoms with van der Waals surface area (Å²) in [7, 11) is 0. The summed E-state index contributed by atoms with van der Waals surface area (Å²) in [6, 6.07) is -0.633. The quantitative estimate of drug-likeness (QED) is 0.0422. The third-order valence-electron chi connectivity index (χ3n) is 12.0. The second-order valence-corrected chi connectivity index (χ2v) is 17.9. The molecule has 0 aliphatic rings. The zero-order valence-corrected chi connectivity index (χ0v) is 40.2. The predicted octanol–water partition coefficient (Wildman–Crippen LogP) is 17.2. The van der Waals surface area contributed by atoms with E-state index in [-0.39, 0.29) is 12.5 Å². The third-order valence-corrected chi connectivity index (χ3v) is 12.0. The lowest BCUT2D eigenvalue weighted by molar-refractivity contribution is -0.123. The van der Waals surface area contributed by atoms with E-state index < -0.39 is 12.1 Å². The molecule has 350 valence electrons. The number of carbonyl (C=O) groups excluding carboxylic acids is 1. The molecule has 0 aliphatic carbocycles. The summed E-state index contributed by atoms with van der Waals surface area (Å²) in [6.45, 7) is 4.21. The van der Waals surface area contributed by atoms with Gasteiger partial charge in [0.2, 0.25) is 5.91 Å². The Hall–Kier alpha value is -1.91. The highest BCUT2D eigenvalue weighted by Gasteiger charge is 2.18. The van der Waals surface area contributed by atoms with Gasteiger partial charge in [-0.25, -0.2) is 0 Å². The maximum atomic E-state index is 12.4. The SMILES string of the molecule is CC/C=C\C/C=C\C/C=C\C/C=C\CCCCCCCCC(=O)NC(CO)C(O)/C=C/CCCCCCCCCCCCCCCCCCCCCCCCCCCCC. The van der Waals surface area contributed by atoms with Gasteiger partial charge in [-0.3, -0.25) is 4.79 Å². The average molecular weight is 838 g/mol. The number of unbranched alkanes of at least 4 members (excludes halogenated alkanes) is 33. The largest absolute Gasteiger partial charge is 0.394 e. The van der Waals surface area contributed by atoms with E-state index in [4.69, 9.17) is 0 Å². The molecule has 0 fully saturated rings. The highest BCUT2D eigenvalue weighted by atomic mass is 16.3. The first kappa shape index (κ1) is 58.1. The number of hydrogen-bond acceptors (Lipinski definition) is 3. The number of aliphatic hydroxyl groups is 2. The third kappa shape index (κ3) is 47.1. The predicted molar refractivity (Wildman–Crippen MR) is 267 cm³/mol. The average Bonchev–Trinajstić information content (AvgIpc) is 3.25. The fourth-order valence-electron chi connectivity index (χ4n) is 7.99. The van der Waals surface area contributed by atoms with Gasteiger partial charge in [0, 0.05) is 6.42 Å². The minimum absolute atomic E-state index is 0.0774. The van der Waals surface area contributed by atoms with Crippen LogP contribution in [0.25, 0.3) is 0 Å². The highest BCUT2D eigenvalue weighted by molar-refractivity contribution is 5.76. The topological polar surface area (TPSA) is 69.6 Å². The number of aliphatic hydroxyl groups excluding tert-OH is 2. The van der Waals surface area contributed by atoms with Crippen LogP contribution in [0.1, 0.15) is 271 Å². The Kier molecular flexibility index (Phi) is 49.8. The van der Waals surface area contributed by atoms with Crippen molar-refractivity contribution < 1.29 is 15.0 Å². The first-order valence-electron chi connectivity index (χ1n) is 26.5. The van der Waals surface area contributed by atoms with Crippen LogP contribution in [0, 0.1) is 0 Å². The Balaban J connectivity index is 3.51. The fourth-order valence-corrected chi connectivity index (χ4v) is 7.99. The Bertz CT molecular complexity index is 996. The van der Waals surface area contributed by atoms with Crippen molar-refractivity contribution in [2.45, 2.75) is 283 Å². The Morgan fingerprint density at radius 1 is 0.417 bits per heavy atom. The standard InChI is InChI=1S/C56H103NO3/c1-3-5-7-9-11-13-15-17-19-21-23-24-25-26-27-28-29-30-31-32-34-35-37-39-41-43-45-47-49-51-55(59)54(53-58)57-56(60)52-50-48-46-44-42-40-38-36-33-22-20-18-16-14-12-10-8-6-4-2/h6,8,12,14,18,20,33,36,49,51,54-55,58-59H,3-5,7,9-11,13,15-17,19,21-32,34-35,37-48,50,52-53H2,1-2H3,(H,57,60)/b8-6-,14-12-,20-18-,36-33-,51-49+. The van der Waals surface area contributed by atoms with Crippen LogP contribution in [0.4, 0.5) is 0 Å². The number of amides is 1. The Labute approximate surface area is 375 Å². The summed E-state index contributed by atoms with van der Waals surface area (Å²) in [4.78, 5) is 12.4. The zero-order chi connectivity index (χ0) is 43.5. The van der Waals surface area contributed by atoms with E-state index in [1.807, 2.05) is 6.08 Å². The minimum atomic E-state index is -0.849. The van der Waals surface area contributed by atoms with Crippen molar-refractivity contribution in [3.63, 3.8) is 0 Å². The summed E-state index contributed by atoms with van der Waals surface area (Å²) in [5.74, 6) is -0.0774. The summed E-state index contributed by atoms with van der Waals surface area (Å²) < 4.78 is 0. The van der Waals surface area contributed by atoms with Gasteiger partial charge in [-0.1, -0.05) is 267 Å². The molecular formula is C56H103NO3. The van der Waals surface area contributed by atoms with Gasteiger partial charge in [-0.2, -0.15) is 0 Å². The summed E-state index contributed by atoms with van der Waals surface area (Å²) in [5.41, 5.74) is 0. The summed E-state index contributed by atoms with van der Waals surface area (Å²) in [5, 5.41) is 23.1. The molecule has 0 radical (unpaired) electrons. The summed E-state index contributed by atoms with van der Waals surface area (Å²) >= 11 is 0. The van der Waals surface area contributed by atoms with Gasteiger partial charge < -0.3 is 15.5 Å². The van der Waals surface area contributed by atoms with Crippen molar-refractivity contribution in [1.29, 1.82) is 0 Å². The van der Waals surface area contributed by atoms with Crippen molar-refractivity contribution in [2.24, 2.45) is 0 Å². The highest BCUT2D eigenvalue weighted by Crippen LogP contribution is 2.17. The van der Waals surface area contributed by atoms with E-state index >= 15 is 0 Å². The van der Waals surface area contributed by atoms with Gasteiger partial charge >= 0.3 is 0 Å². The molecular weight excluding hydrogens is 735 g/mol. The molecule has 3 N–H and O–H groups in total. The molecule has 2 unspecified atom stereocenters. The zero-order valence-electron chi connectivity index (χ0n) is 40.2. The molecule has 0 aromatic rings. The number of nitrogens with one attached hydrogen (secondary N) is 1. The lowest BCUT2D eigenvalue weighted by atomic mass is 10.0. The van der Waals surface area contributed by atoms with Crippen molar-refractivity contribution in [1.82, 2.24) is 5.32 Å². The van der Waals surface area contributed by atoms with Crippen LogP contribution in [-0.2, 0) is 4.79 Å². The first-order chi connectivity index (χ1) is 29.7. The van der Waals surface area contributed by atoms with Gasteiger partial charge in [0.1, 0.15) is 0 Å². The Morgan fingerprint density at radius 2 is 0.733 bits per heavy atom. The molecule has 0 heterocycles.